The molecular formula is C10H6Cl3N3O. The van der Waals surface area contributed by atoms with E-state index in [9.17, 15) is 0 Å². The summed E-state index contributed by atoms with van der Waals surface area (Å²) in [5.41, 5.74) is 5.43. The van der Waals surface area contributed by atoms with Crippen LogP contribution in [0.4, 0.5) is 5.95 Å². The van der Waals surface area contributed by atoms with Gasteiger partial charge in [0.1, 0.15) is 15.8 Å². The molecule has 0 bridgehead atoms. The molecule has 2 N–H and O–H groups in total. The van der Waals surface area contributed by atoms with Crippen molar-refractivity contribution < 1.29 is 4.74 Å². The first-order valence-corrected chi connectivity index (χ1v) is 5.61. The van der Waals surface area contributed by atoms with E-state index in [2.05, 4.69) is 9.97 Å². The van der Waals surface area contributed by atoms with Gasteiger partial charge in [-0.25, -0.2) is 4.98 Å². The highest BCUT2D eigenvalue weighted by atomic mass is 35.5. The Morgan fingerprint density at radius 2 is 1.88 bits per heavy atom. The summed E-state index contributed by atoms with van der Waals surface area (Å²) in [6, 6.07) is 4.98. The Balaban J connectivity index is 2.38. The molecule has 0 aliphatic carbocycles. The third kappa shape index (κ3) is 2.72. The quantitative estimate of drug-likeness (QED) is 0.913. The van der Waals surface area contributed by atoms with Gasteiger partial charge in [-0.2, -0.15) is 4.98 Å². The van der Waals surface area contributed by atoms with E-state index < -0.39 is 0 Å². The lowest BCUT2D eigenvalue weighted by Crippen LogP contribution is -1.97. The first-order chi connectivity index (χ1) is 8.08. The first-order valence-electron chi connectivity index (χ1n) is 4.48. The predicted molar refractivity (Wildman–Crippen MR) is 68.0 cm³/mol. The average molecular weight is 291 g/mol. The zero-order valence-electron chi connectivity index (χ0n) is 8.32. The molecule has 0 aliphatic heterocycles. The molecule has 4 nitrogen and oxygen atoms in total. The number of hydrogen-bond donors (Lipinski definition) is 1. The Bertz CT molecular complexity index is 562. The van der Waals surface area contributed by atoms with Gasteiger partial charge in [0.2, 0.25) is 11.8 Å². The Hall–Kier alpha value is -1.23. The smallest absolute Gasteiger partial charge is 0.243 e. The van der Waals surface area contributed by atoms with E-state index in [0.717, 1.165) is 0 Å². The number of anilines is 1. The molecule has 2 rings (SSSR count). The van der Waals surface area contributed by atoms with Crippen molar-refractivity contribution in [2.75, 3.05) is 5.73 Å². The van der Waals surface area contributed by atoms with Gasteiger partial charge in [-0.05, 0) is 12.1 Å². The summed E-state index contributed by atoms with van der Waals surface area (Å²) in [5.74, 6) is 0.532. The zero-order valence-corrected chi connectivity index (χ0v) is 10.6. The Morgan fingerprint density at radius 3 is 2.65 bits per heavy atom. The van der Waals surface area contributed by atoms with Gasteiger partial charge >= 0.3 is 0 Å². The number of nitrogens with two attached hydrogens (primary N) is 1. The van der Waals surface area contributed by atoms with E-state index in [0.29, 0.717) is 10.8 Å². The van der Waals surface area contributed by atoms with Gasteiger partial charge in [-0.15, -0.1) is 0 Å². The maximum atomic E-state index is 5.96. The summed E-state index contributed by atoms with van der Waals surface area (Å²) >= 11 is 17.7. The summed E-state index contributed by atoms with van der Waals surface area (Å²) in [4.78, 5) is 7.57. The molecule has 0 atom stereocenters. The van der Waals surface area contributed by atoms with Crippen molar-refractivity contribution in [3.05, 3.63) is 39.5 Å². The van der Waals surface area contributed by atoms with Crippen molar-refractivity contribution in [3.8, 4) is 11.6 Å². The second-order valence-corrected chi connectivity index (χ2v) is 4.23. The third-order valence-electron chi connectivity index (χ3n) is 1.85. The number of rotatable bonds is 2. The predicted octanol–water partition coefficient (Wildman–Crippen LogP) is 3.81. The van der Waals surface area contributed by atoms with Crippen LogP contribution >= 0.6 is 34.8 Å². The maximum absolute atomic E-state index is 5.96. The molecule has 0 aliphatic rings. The number of nitrogen functional groups attached to an aromatic ring is 1. The van der Waals surface area contributed by atoms with Crippen molar-refractivity contribution in [1.82, 2.24) is 9.97 Å². The van der Waals surface area contributed by atoms with Crippen LogP contribution in [0.3, 0.4) is 0 Å². The summed E-state index contributed by atoms with van der Waals surface area (Å²) in [6.45, 7) is 0. The van der Waals surface area contributed by atoms with Crippen molar-refractivity contribution in [2.45, 2.75) is 0 Å². The molecule has 1 aromatic carbocycles. The minimum Gasteiger partial charge on any atom is -0.436 e. The van der Waals surface area contributed by atoms with Crippen LogP contribution in [0.1, 0.15) is 0 Å². The van der Waals surface area contributed by atoms with E-state index in [1.54, 1.807) is 18.2 Å². The van der Waals surface area contributed by atoms with E-state index in [1.165, 1.54) is 6.20 Å². The molecule has 88 valence electrons. The molecule has 17 heavy (non-hydrogen) atoms. The van der Waals surface area contributed by atoms with E-state index in [-0.39, 0.29) is 21.9 Å². The lowest BCUT2D eigenvalue weighted by atomic mass is 10.3. The fourth-order valence-electron chi connectivity index (χ4n) is 1.10. The highest BCUT2D eigenvalue weighted by Crippen LogP contribution is 2.35. The van der Waals surface area contributed by atoms with Crippen molar-refractivity contribution in [3.63, 3.8) is 0 Å². The summed E-state index contributed by atoms with van der Waals surface area (Å²) < 4.78 is 5.42. The molecule has 0 saturated carbocycles. The second-order valence-electron chi connectivity index (χ2n) is 3.04. The highest BCUT2D eigenvalue weighted by molar-refractivity contribution is 6.43. The van der Waals surface area contributed by atoms with Gasteiger partial charge in [0.25, 0.3) is 0 Å². The number of ether oxygens (including phenoxy) is 1. The van der Waals surface area contributed by atoms with Gasteiger partial charge in [0, 0.05) is 0 Å². The number of nitrogens with zero attached hydrogens (tertiary/aromatic N) is 2. The minimum absolute atomic E-state index is 0.0579. The minimum atomic E-state index is 0.0579. The monoisotopic (exact) mass is 289 g/mol. The molecule has 2 aromatic rings. The second kappa shape index (κ2) is 4.96. The molecular weight excluding hydrogens is 284 g/mol. The van der Waals surface area contributed by atoms with E-state index >= 15 is 0 Å². The molecule has 0 saturated heterocycles. The number of hydrogen-bond acceptors (Lipinski definition) is 4. The van der Waals surface area contributed by atoms with Crippen LogP contribution in [0.5, 0.6) is 11.6 Å². The first kappa shape index (κ1) is 12.2. The van der Waals surface area contributed by atoms with Gasteiger partial charge in [0.15, 0.2) is 0 Å². The van der Waals surface area contributed by atoms with Gasteiger partial charge in [-0.1, -0.05) is 40.9 Å². The van der Waals surface area contributed by atoms with Crippen LogP contribution in [-0.4, -0.2) is 9.97 Å². The van der Waals surface area contributed by atoms with E-state index in [4.69, 9.17) is 45.3 Å². The van der Waals surface area contributed by atoms with Crippen LogP contribution < -0.4 is 10.5 Å². The molecule has 0 fully saturated rings. The summed E-state index contributed by atoms with van der Waals surface area (Å²) in [7, 11) is 0. The SMILES string of the molecule is Nc1ncc(Cl)c(Oc2cccc(Cl)c2Cl)n1. The Labute approximate surface area is 112 Å². The fraction of sp³-hybridized carbons (Fsp3) is 0. The molecule has 1 aromatic heterocycles. The van der Waals surface area contributed by atoms with Crippen LogP contribution in [-0.2, 0) is 0 Å². The van der Waals surface area contributed by atoms with Crippen LogP contribution in [0, 0.1) is 0 Å². The zero-order chi connectivity index (χ0) is 12.4. The standard InChI is InChI=1S/C10H6Cl3N3O/c11-5-2-1-3-7(8(5)13)17-9-6(12)4-15-10(14)16-9/h1-4H,(H2,14,15,16). The largest absolute Gasteiger partial charge is 0.436 e. The van der Waals surface area contributed by atoms with Gasteiger partial charge in [-0.3, -0.25) is 0 Å². The number of aromatic nitrogens is 2. The third-order valence-corrected chi connectivity index (χ3v) is 2.91. The summed E-state index contributed by atoms with van der Waals surface area (Å²) in [5, 5.41) is 0.889. The van der Waals surface area contributed by atoms with Crippen molar-refractivity contribution >= 4 is 40.8 Å². The lowest BCUT2D eigenvalue weighted by molar-refractivity contribution is 0.463. The Morgan fingerprint density at radius 1 is 1.12 bits per heavy atom. The molecule has 1 heterocycles. The number of halogens is 3. The normalized spacial score (nSPS) is 10.3. The van der Waals surface area contributed by atoms with Crippen LogP contribution in [0.15, 0.2) is 24.4 Å². The van der Waals surface area contributed by atoms with Crippen LogP contribution in [0.2, 0.25) is 15.1 Å². The maximum Gasteiger partial charge on any atom is 0.243 e. The molecule has 0 amide bonds. The molecule has 0 spiro atoms. The van der Waals surface area contributed by atoms with Crippen LogP contribution in [0.25, 0.3) is 0 Å². The topological polar surface area (TPSA) is 61.0 Å². The van der Waals surface area contributed by atoms with Gasteiger partial charge < -0.3 is 10.5 Å². The molecule has 7 heteroatoms. The summed E-state index contributed by atoms with van der Waals surface area (Å²) in [6.07, 6.45) is 1.34. The van der Waals surface area contributed by atoms with Crippen molar-refractivity contribution in [1.29, 1.82) is 0 Å². The number of benzene rings is 1. The molecule has 0 radical (unpaired) electrons. The Kier molecular flexibility index (Phi) is 3.57. The van der Waals surface area contributed by atoms with Gasteiger partial charge in [0.05, 0.1) is 11.2 Å². The van der Waals surface area contributed by atoms with Crippen molar-refractivity contribution in [2.24, 2.45) is 0 Å². The fourth-order valence-corrected chi connectivity index (χ4v) is 1.56. The lowest BCUT2D eigenvalue weighted by Gasteiger charge is -2.08. The molecule has 0 unspecified atom stereocenters. The highest BCUT2D eigenvalue weighted by Gasteiger charge is 2.10. The average Bonchev–Trinajstić information content (AvgIpc) is 2.30. The van der Waals surface area contributed by atoms with E-state index in [1.807, 2.05) is 0 Å².